The second-order valence-electron chi connectivity index (χ2n) is 6.05. The van der Waals surface area contributed by atoms with E-state index >= 15 is 0 Å². The van der Waals surface area contributed by atoms with Crippen LogP contribution in [0.25, 0.3) is 33.0 Å². The first kappa shape index (κ1) is 15.8. The van der Waals surface area contributed by atoms with E-state index in [-0.39, 0.29) is 11.3 Å². The van der Waals surface area contributed by atoms with E-state index in [1.807, 2.05) is 36.4 Å². The first-order valence-electron chi connectivity index (χ1n) is 8.17. The monoisotopic (exact) mass is 341 g/mol. The van der Waals surface area contributed by atoms with E-state index in [9.17, 15) is 15.1 Å². The molecule has 0 atom stereocenters. The van der Waals surface area contributed by atoms with Crippen molar-refractivity contribution in [3.8, 4) is 28.0 Å². The summed E-state index contributed by atoms with van der Waals surface area (Å²) in [6.45, 7) is 0. The highest BCUT2D eigenvalue weighted by atomic mass is 16.5. The van der Waals surface area contributed by atoms with E-state index in [1.165, 1.54) is 18.5 Å². The van der Waals surface area contributed by atoms with Crippen LogP contribution >= 0.6 is 0 Å². The summed E-state index contributed by atoms with van der Waals surface area (Å²) >= 11 is 0. The van der Waals surface area contributed by atoms with E-state index in [2.05, 4.69) is 0 Å². The molecule has 0 aliphatic heterocycles. The second-order valence-corrected chi connectivity index (χ2v) is 6.05. The topological polar surface area (TPSA) is 64.2 Å². The predicted octanol–water partition coefficient (Wildman–Crippen LogP) is 4.33. The molecule has 4 heteroatoms. The molecule has 0 radical (unpaired) electrons. The first-order chi connectivity index (χ1) is 12.7. The summed E-state index contributed by atoms with van der Waals surface area (Å²) in [6, 6.07) is 20.6. The summed E-state index contributed by atoms with van der Waals surface area (Å²) in [5, 5.41) is 23.2. The van der Waals surface area contributed by atoms with Crippen LogP contribution in [0, 0.1) is 5.21 Å². The van der Waals surface area contributed by atoms with Crippen molar-refractivity contribution in [3.63, 3.8) is 0 Å². The van der Waals surface area contributed by atoms with Gasteiger partial charge >= 0.3 is 0 Å². The van der Waals surface area contributed by atoms with Crippen molar-refractivity contribution in [1.82, 2.24) is 0 Å². The fourth-order valence-electron chi connectivity index (χ4n) is 3.23. The van der Waals surface area contributed by atoms with Gasteiger partial charge in [0.05, 0.1) is 5.56 Å². The Kier molecular flexibility index (Phi) is 3.86. The highest BCUT2D eigenvalue weighted by molar-refractivity contribution is 6.06. The average Bonchev–Trinajstić information content (AvgIpc) is 2.68. The quantitative estimate of drug-likeness (QED) is 0.343. The predicted molar refractivity (Wildman–Crippen MR) is 101 cm³/mol. The molecule has 0 aliphatic carbocycles. The van der Waals surface area contributed by atoms with Crippen molar-refractivity contribution in [3.05, 3.63) is 89.9 Å². The van der Waals surface area contributed by atoms with Crippen molar-refractivity contribution in [1.29, 1.82) is 0 Å². The summed E-state index contributed by atoms with van der Waals surface area (Å²) in [4.78, 5) is 11.2. The van der Waals surface area contributed by atoms with Crippen molar-refractivity contribution in [2.45, 2.75) is 0 Å². The van der Waals surface area contributed by atoms with Gasteiger partial charge < -0.3 is 10.3 Å². The van der Waals surface area contributed by atoms with E-state index in [1.54, 1.807) is 24.3 Å². The van der Waals surface area contributed by atoms with Crippen LogP contribution in [0.4, 0.5) is 0 Å². The third kappa shape index (κ3) is 2.67. The Balaban J connectivity index is 2.02. The van der Waals surface area contributed by atoms with Crippen LogP contribution in [0.5, 0.6) is 5.75 Å². The standard InChI is InChI=1S/C22H15NO3/c24-14-18-13-17(7-8-21(18)25)20-6-2-4-16-3-1-5-19(22(16)20)15-9-11-23(26)12-10-15/h1-14,25H. The zero-order valence-electron chi connectivity index (χ0n) is 13.8. The molecule has 3 aromatic carbocycles. The van der Waals surface area contributed by atoms with Gasteiger partial charge in [-0.25, -0.2) is 0 Å². The molecule has 0 amide bonds. The molecule has 4 aromatic rings. The Bertz CT molecular complexity index is 1110. The third-order valence-electron chi connectivity index (χ3n) is 4.48. The normalized spacial score (nSPS) is 10.8. The number of nitrogens with zero attached hydrogens (tertiary/aromatic N) is 1. The van der Waals surface area contributed by atoms with Gasteiger partial charge in [-0.05, 0) is 45.2 Å². The van der Waals surface area contributed by atoms with E-state index in [0.29, 0.717) is 6.29 Å². The van der Waals surface area contributed by atoms with Gasteiger partial charge in [0, 0.05) is 12.1 Å². The minimum absolute atomic E-state index is 0.0349. The number of benzene rings is 3. The number of carbonyl (C=O) groups excluding carboxylic acids is 1. The molecule has 0 aliphatic rings. The lowest BCUT2D eigenvalue weighted by Gasteiger charge is -2.13. The highest BCUT2D eigenvalue weighted by Gasteiger charge is 2.12. The van der Waals surface area contributed by atoms with Crippen LogP contribution in [-0.4, -0.2) is 11.4 Å². The molecule has 1 N–H and O–H groups in total. The lowest BCUT2D eigenvalue weighted by molar-refractivity contribution is -0.605. The van der Waals surface area contributed by atoms with Crippen LogP contribution in [0.2, 0.25) is 0 Å². The molecule has 0 fully saturated rings. The lowest BCUT2D eigenvalue weighted by atomic mass is 9.91. The van der Waals surface area contributed by atoms with Crippen molar-refractivity contribution in [2.75, 3.05) is 0 Å². The summed E-state index contributed by atoms with van der Waals surface area (Å²) in [5.41, 5.74) is 3.99. The summed E-state index contributed by atoms with van der Waals surface area (Å²) < 4.78 is 0.756. The van der Waals surface area contributed by atoms with Gasteiger partial charge in [0.2, 0.25) is 0 Å². The number of phenolic OH excluding ortho intramolecular Hbond substituents is 1. The molecule has 0 saturated heterocycles. The Hall–Kier alpha value is -3.66. The van der Waals surface area contributed by atoms with Gasteiger partial charge in [-0.15, -0.1) is 0 Å². The van der Waals surface area contributed by atoms with Crippen LogP contribution in [0.15, 0.2) is 79.1 Å². The minimum Gasteiger partial charge on any atom is -0.619 e. The highest BCUT2D eigenvalue weighted by Crippen LogP contribution is 2.37. The molecule has 0 unspecified atom stereocenters. The maximum Gasteiger partial charge on any atom is 0.180 e. The molecular weight excluding hydrogens is 326 g/mol. The average molecular weight is 341 g/mol. The number of carbonyl (C=O) groups is 1. The van der Waals surface area contributed by atoms with E-state index < -0.39 is 0 Å². The first-order valence-corrected chi connectivity index (χ1v) is 8.17. The van der Waals surface area contributed by atoms with Crippen LogP contribution in [0.3, 0.4) is 0 Å². The van der Waals surface area contributed by atoms with Gasteiger partial charge in [-0.2, -0.15) is 4.73 Å². The summed E-state index contributed by atoms with van der Waals surface area (Å²) in [5.74, 6) is -0.0349. The van der Waals surface area contributed by atoms with Gasteiger partial charge in [0.25, 0.3) is 0 Å². The molecule has 4 rings (SSSR count). The van der Waals surface area contributed by atoms with Gasteiger partial charge in [0.1, 0.15) is 5.75 Å². The Labute approximate surface area is 150 Å². The smallest absolute Gasteiger partial charge is 0.180 e. The van der Waals surface area contributed by atoms with E-state index in [0.717, 1.165) is 37.8 Å². The van der Waals surface area contributed by atoms with Crippen LogP contribution in [-0.2, 0) is 0 Å². The molecule has 1 heterocycles. The van der Waals surface area contributed by atoms with Crippen LogP contribution < -0.4 is 4.73 Å². The summed E-state index contributed by atoms with van der Waals surface area (Å²) in [6.07, 6.45) is 3.60. The number of rotatable bonds is 3. The Morgan fingerprint density at radius 3 is 2.15 bits per heavy atom. The van der Waals surface area contributed by atoms with E-state index in [4.69, 9.17) is 0 Å². The number of aldehydes is 1. The number of aromatic nitrogens is 1. The number of hydrogen-bond acceptors (Lipinski definition) is 3. The van der Waals surface area contributed by atoms with Crippen molar-refractivity contribution in [2.24, 2.45) is 0 Å². The fourth-order valence-corrected chi connectivity index (χ4v) is 3.23. The van der Waals surface area contributed by atoms with Crippen molar-refractivity contribution >= 4 is 17.1 Å². The Morgan fingerprint density at radius 2 is 1.50 bits per heavy atom. The Morgan fingerprint density at radius 1 is 0.846 bits per heavy atom. The molecule has 0 bridgehead atoms. The number of phenols is 1. The third-order valence-corrected chi connectivity index (χ3v) is 4.48. The molecule has 0 saturated carbocycles. The maximum absolute atomic E-state index is 11.4. The maximum atomic E-state index is 11.4. The van der Waals surface area contributed by atoms with Crippen molar-refractivity contribution < 1.29 is 14.6 Å². The number of fused-ring (bicyclic) bond motifs is 1. The summed E-state index contributed by atoms with van der Waals surface area (Å²) in [7, 11) is 0. The van der Waals surface area contributed by atoms with Gasteiger partial charge in [-0.1, -0.05) is 42.5 Å². The zero-order chi connectivity index (χ0) is 18.1. The number of aromatic hydroxyl groups is 1. The molecule has 1 aromatic heterocycles. The molecule has 26 heavy (non-hydrogen) atoms. The molecule has 126 valence electrons. The minimum atomic E-state index is -0.0349. The van der Waals surface area contributed by atoms with Gasteiger partial charge in [0.15, 0.2) is 18.7 Å². The SMILES string of the molecule is O=Cc1cc(-c2cccc3cccc(-c4cc[n+]([O-])cc4)c23)ccc1O. The molecule has 4 nitrogen and oxygen atoms in total. The molecule has 0 spiro atoms. The second kappa shape index (κ2) is 6.33. The fraction of sp³-hybridized carbons (Fsp3) is 0. The lowest BCUT2D eigenvalue weighted by Crippen LogP contribution is -2.23. The van der Waals surface area contributed by atoms with Gasteiger partial charge in [-0.3, -0.25) is 4.79 Å². The largest absolute Gasteiger partial charge is 0.619 e. The zero-order valence-corrected chi connectivity index (χ0v) is 13.8. The van der Waals surface area contributed by atoms with Crippen LogP contribution in [0.1, 0.15) is 10.4 Å². The molecular formula is C22H15NO3. The number of hydrogen-bond donors (Lipinski definition) is 1. The number of pyridine rings is 1.